The van der Waals surface area contributed by atoms with E-state index < -0.39 is 52.5 Å². The van der Waals surface area contributed by atoms with Gasteiger partial charge in [-0.3, -0.25) is 14.4 Å². The van der Waals surface area contributed by atoms with Crippen molar-refractivity contribution in [1.29, 1.82) is 0 Å². The van der Waals surface area contributed by atoms with Gasteiger partial charge >= 0.3 is 5.97 Å². The van der Waals surface area contributed by atoms with E-state index in [-0.39, 0.29) is 6.07 Å². The van der Waals surface area contributed by atoms with Gasteiger partial charge in [0.25, 0.3) is 0 Å². The van der Waals surface area contributed by atoms with Crippen molar-refractivity contribution in [2.75, 3.05) is 0 Å². The van der Waals surface area contributed by atoms with Crippen LogP contribution in [0, 0.1) is 24.4 Å². The molecule has 0 aliphatic rings. The molecule has 1 rings (SSSR count). The van der Waals surface area contributed by atoms with Gasteiger partial charge in [0.1, 0.15) is 12.2 Å². The molecule has 0 radical (unpaired) electrons. The summed E-state index contributed by atoms with van der Waals surface area (Å²) in [5, 5.41) is 8.32. The van der Waals surface area contributed by atoms with E-state index in [4.69, 9.17) is 5.11 Å². The fourth-order valence-electron chi connectivity index (χ4n) is 1.35. The quantitative estimate of drug-likeness (QED) is 0.386. The van der Waals surface area contributed by atoms with Crippen molar-refractivity contribution in [3.63, 3.8) is 0 Å². The van der Waals surface area contributed by atoms with Gasteiger partial charge in [0.05, 0.1) is 5.56 Å². The number of carbonyl (C=O) groups is 3. The highest BCUT2D eigenvalue weighted by atomic mass is 19.2. The van der Waals surface area contributed by atoms with Crippen LogP contribution in [0.3, 0.4) is 0 Å². The summed E-state index contributed by atoms with van der Waals surface area (Å²) in [4.78, 5) is 32.8. The van der Waals surface area contributed by atoms with Crippen molar-refractivity contribution in [2.45, 2.75) is 13.3 Å². The summed E-state index contributed by atoms with van der Waals surface area (Å²) in [6.07, 6.45) is -1.14. The lowest BCUT2D eigenvalue weighted by Crippen LogP contribution is -2.21. The number of rotatable bonds is 4. The number of benzene rings is 1. The number of halogens is 3. The zero-order valence-corrected chi connectivity index (χ0v) is 9.09. The van der Waals surface area contributed by atoms with Crippen LogP contribution >= 0.6 is 0 Å². The fourth-order valence-corrected chi connectivity index (χ4v) is 1.35. The molecule has 0 saturated carbocycles. The number of carboxylic acids is 1. The van der Waals surface area contributed by atoms with Crippen LogP contribution in [0.4, 0.5) is 13.2 Å². The van der Waals surface area contributed by atoms with Gasteiger partial charge in [0.2, 0.25) is 11.6 Å². The van der Waals surface area contributed by atoms with Gasteiger partial charge in [-0.05, 0) is 6.92 Å². The predicted molar refractivity (Wildman–Crippen MR) is 52.6 cm³/mol. The van der Waals surface area contributed by atoms with E-state index in [1.54, 1.807) is 0 Å². The van der Waals surface area contributed by atoms with Crippen LogP contribution in [-0.4, -0.2) is 22.6 Å². The minimum absolute atomic E-state index is 0.129. The first-order chi connectivity index (χ1) is 8.25. The second-order valence-corrected chi connectivity index (χ2v) is 3.48. The van der Waals surface area contributed by atoms with E-state index in [9.17, 15) is 27.6 Å². The molecule has 0 saturated heterocycles. The third-order valence-electron chi connectivity index (χ3n) is 2.20. The Labute approximate surface area is 99.0 Å². The molecule has 7 heteroatoms. The standard InChI is InChI=1S/C11H7F3O4/c1-4-9(5(12)2-6(13)10(4)14)11(18)7(15)3-8(16)17/h2H,3H2,1H3,(H,16,17). The first-order valence-electron chi connectivity index (χ1n) is 4.69. The third kappa shape index (κ3) is 2.55. The van der Waals surface area contributed by atoms with Gasteiger partial charge in [-0.15, -0.1) is 0 Å². The average molecular weight is 260 g/mol. The minimum atomic E-state index is -1.58. The Kier molecular flexibility index (Phi) is 3.85. The van der Waals surface area contributed by atoms with Crippen LogP contribution in [0.15, 0.2) is 6.07 Å². The van der Waals surface area contributed by atoms with Crippen LogP contribution in [-0.2, 0) is 9.59 Å². The number of carboxylic acid groups (broad SMARTS) is 1. The fraction of sp³-hybridized carbons (Fsp3) is 0.182. The van der Waals surface area contributed by atoms with Crippen molar-refractivity contribution in [3.8, 4) is 0 Å². The highest BCUT2D eigenvalue weighted by molar-refractivity contribution is 6.46. The Bertz CT molecular complexity index is 552. The van der Waals surface area contributed by atoms with Crippen LogP contribution in [0.25, 0.3) is 0 Å². The first-order valence-corrected chi connectivity index (χ1v) is 4.69. The van der Waals surface area contributed by atoms with Crippen molar-refractivity contribution in [2.24, 2.45) is 0 Å². The molecule has 18 heavy (non-hydrogen) atoms. The Balaban J connectivity index is 3.26. The Hall–Kier alpha value is -2.18. The van der Waals surface area contributed by atoms with Crippen molar-refractivity contribution in [1.82, 2.24) is 0 Å². The number of hydrogen-bond acceptors (Lipinski definition) is 3. The summed E-state index contributed by atoms with van der Waals surface area (Å²) < 4.78 is 39.2. The van der Waals surface area contributed by atoms with E-state index in [0.29, 0.717) is 0 Å². The molecule has 0 fully saturated rings. The molecule has 1 aromatic carbocycles. The van der Waals surface area contributed by atoms with Gasteiger partial charge in [-0.2, -0.15) is 0 Å². The van der Waals surface area contributed by atoms with Gasteiger partial charge in [-0.1, -0.05) is 0 Å². The molecule has 96 valence electrons. The summed E-state index contributed by atoms with van der Waals surface area (Å²) >= 11 is 0. The van der Waals surface area contributed by atoms with E-state index >= 15 is 0 Å². The second kappa shape index (κ2) is 4.99. The molecule has 0 amide bonds. The Morgan fingerprint density at radius 3 is 2.22 bits per heavy atom. The third-order valence-corrected chi connectivity index (χ3v) is 2.20. The maximum atomic E-state index is 13.3. The van der Waals surface area contributed by atoms with Crippen LogP contribution in [0.1, 0.15) is 22.3 Å². The van der Waals surface area contributed by atoms with Crippen LogP contribution < -0.4 is 0 Å². The summed E-state index contributed by atoms with van der Waals surface area (Å²) in [7, 11) is 0. The number of carbonyl (C=O) groups excluding carboxylic acids is 2. The molecule has 0 bridgehead atoms. The SMILES string of the molecule is Cc1c(F)c(F)cc(F)c1C(=O)C(=O)CC(=O)O. The maximum Gasteiger partial charge on any atom is 0.311 e. The number of aliphatic carboxylic acids is 1. The van der Waals surface area contributed by atoms with Gasteiger partial charge in [0.15, 0.2) is 11.6 Å². The number of Topliss-reactive ketones (excluding diaryl/α,β-unsaturated/α-hetero) is 2. The molecule has 0 aromatic heterocycles. The monoisotopic (exact) mass is 260 g/mol. The summed E-state index contributed by atoms with van der Waals surface area (Å²) in [6.45, 7) is 0.919. The molecule has 4 nitrogen and oxygen atoms in total. The zero-order valence-electron chi connectivity index (χ0n) is 9.09. The molecule has 0 spiro atoms. The summed E-state index contributed by atoms with van der Waals surface area (Å²) in [6, 6.07) is 0.129. The topological polar surface area (TPSA) is 71.4 Å². The van der Waals surface area contributed by atoms with Gasteiger partial charge < -0.3 is 5.11 Å². The van der Waals surface area contributed by atoms with Crippen molar-refractivity contribution in [3.05, 3.63) is 34.6 Å². The predicted octanol–water partition coefficient (Wildman–Crippen LogP) is 1.64. The lowest BCUT2D eigenvalue weighted by atomic mass is 9.99. The molecule has 0 aliphatic carbocycles. The second-order valence-electron chi connectivity index (χ2n) is 3.48. The van der Waals surface area contributed by atoms with E-state index in [2.05, 4.69) is 0 Å². The lowest BCUT2D eigenvalue weighted by Gasteiger charge is -2.06. The molecule has 0 atom stereocenters. The van der Waals surface area contributed by atoms with E-state index in [1.807, 2.05) is 0 Å². The Morgan fingerprint density at radius 1 is 1.17 bits per heavy atom. The smallest absolute Gasteiger partial charge is 0.311 e. The summed E-state index contributed by atoms with van der Waals surface area (Å²) in [5.74, 6) is -8.83. The normalized spacial score (nSPS) is 10.2. The molecule has 0 heterocycles. The van der Waals surface area contributed by atoms with Crippen LogP contribution in [0.2, 0.25) is 0 Å². The van der Waals surface area contributed by atoms with E-state index in [0.717, 1.165) is 6.92 Å². The molecular formula is C11H7F3O4. The Morgan fingerprint density at radius 2 is 1.72 bits per heavy atom. The maximum absolute atomic E-state index is 13.3. The van der Waals surface area contributed by atoms with Gasteiger partial charge in [-0.25, -0.2) is 13.2 Å². The zero-order chi connectivity index (χ0) is 14.0. The largest absolute Gasteiger partial charge is 0.481 e. The van der Waals surface area contributed by atoms with Crippen LogP contribution in [0.5, 0.6) is 0 Å². The molecule has 1 N–H and O–H groups in total. The number of ketones is 2. The molecule has 0 unspecified atom stereocenters. The highest BCUT2D eigenvalue weighted by Gasteiger charge is 2.27. The first kappa shape index (κ1) is 13.9. The molecule has 0 aliphatic heterocycles. The minimum Gasteiger partial charge on any atom is -0.481 e. The summed E-state index contributed by atoms with van der Waals surface area (Å²) in [5.41, 5.74) is -1.61. The molecular weight excluding hydrogens is 253 g/mol. The molecule has 1 aromatic rings. The van der Waals surface area contributed by atoms with Crippen molar-refractivity contribution >= 4 is 17.5 Å². The highest BCUT2D eigenvalue weighted by Crippen LogP contribution is 2.20. The van der Waals surface area contributed by atoms with E-state index in [1.165, 1.54) is 0 Å². The number of hydrogen-bond donors (Lipinski definition) is 1. The van der Waals surface area contributed by atoms with Gasteiger partial charge in [0, 0.05) is 11.6 Å². The van der Waals surface area contributed by atoms with Crippen molar-refractivity contribution < 1.29 is 32.7 Å². The lowest BCUT2D eigenvalue weighted by molar-refractivity contribution is -0.139. The average Bonchev–Trinajstić information content (AvgIpc) is 2.25.